The van der Waals surface area contributed by atoms with Crippen LogP contribution in [0.25, 0.3) is 5.69 Å². The van der Waals surface area contributed by atoms with Crippen LogP contribution in [0.3, 0.4) is 0 Å². The SMILES string of the molecule is Cc1ccc(-n2ccnc2)cc1Cc1c(C)cc(C(=O)O)cc1C. The fourth-order valence-electron chi connectivity index (χ4n) is 3.01. The van der Waals surface area contributed by atoms with E-state index < -0.39 is 5.97 Å². The highest BCUT2D eigenvalue weighted by atomic mass is 16.4. The van der Waals surface area contributed by atoms with Gasteiger partial charge in [-0.3, -0.25) is 0 Å². The second-order valence-corrected chi connectivity index (χ2v) is 6.15. The van der Waals surface area contributed by atoms with E-state index in [9.17, 15) is 9.90 Å². The number of hydrogen-bond acceptors (Lipinski definition) is 2. The van der Waals surface area contributed by atoms with E-state index in [2.05, 4.69) is 30.1 Å². The van der Waals surface area contributed by atoms with Gasteiger partial charge in [-0.1, -0.05) is 6.07 Å². The Morgan fingerprint density at radius 3 is 2.38 bits per heavy atom. The zero-order valence-electron chi connectivity index (χ0n) is 14.1. The van der Waals surface area contributed by atoms with Crippen LogP contribution in [0.2, 0.25) is 0 Å². The summed E-state index contributed by atoms with van der Waals surface area (Å²) in [5.41, 5.74) is 7.09. The minimum Gasteiger partial charge on any atom is -0.478 e. The number of aryl methyl sites for hydroxylation is 3. The molecule has 0 spiro atoms. The first-order valence-corrected chi connectivity index (χ1v) is 7.87. The topological polar surface area (TPSA) is 55.1 Å². The molecule has 0 fully saturated rings. The molecule has 1 heterocycles. The summed E-state index contributed by atoms with van der Waals surface area (Å²) in [6, 6.07) is 9.86. The predicted molar refractivity (Wildman–Crippen MR) is 94.0 cm³/mol. The third-order valence-corrected chi connectivity index (χ3v) is 4.45. The largest absolute Gasteiger partial charge is 0.478 e. The number of nitrogens with zero attached hydrogens (tertiary/aromatic N) is 2. The first-order chi connectivity index (χ1) is 11.5. The van der Waals surface area contributed by atoms with Crippen LogP contribution in [0.5, 0.6) is 0 Å². The molecule has 24 heavy (non-hydrogen) atoms. The third kappa shape index (κ3) is 3.08. The molecule has 0 aliphatic rings. The van der Waals surface area contributed by atoms with Gasteiger partial charge in [0, 0.05) is 18.1 Å². The van der Waals surface area contributed by atoms with Crippen LogP contribution in [-0.4, -0.2) is 20.6 Å². The van der Waals surface area contributed by atoms with Gasteiger partial charge in [0.05, 0.1) is 11.9 Å². The summed E-state index contributed by atoms with van der Waals surface area (Å²) >= 11 is 0. The maximum Gasteiger partial charge on any atom is 0.335 e. The lowest BCUT2D eigenvalue weighted by Crippen LogP contribution is -2.04. The minimum atomic E-state index is -0.883. The molecule has 1 N–H and O–H groups in total. The molecule has 3 rings (SSSR count). The molecule has 1 aromatic heterocycles. The number of benzene rings is 2. The number of aromatic carboxylic acids is 1. The molecule has 122 valence electrons. The van der Waals surface area contributed by atoms with Crippen molar-refractivity contribution in [2.45, 2.75) is 27.2 Å². The zero-order chi connectivity index (χ0) is 17.3. The number of rotatable bonds is 4. The van der Waals surface area contributed by atoms with Crippen molar-refractivity contribution in [3.05, 3.63) is 82.4 Å². The highest BCUT2D eigenvalue weighted by molar-refractivity contribution is 5.88. The van der Waals surface area contributed by atoms with Crippen LogP contribution in [0.15, 0.2) is 49.1 Å². The smallest absolute Gasteiger partial charge is 0.335 e. The summed E-state index contributed by atoms with van der Waals surface area (Å²) in [5.74, 6) is -0.883. The van der Waals surface area contributed by atoms with Crippen molar-refractivity contribution in [1.29, 1.82) is 0 Å². The standard InChI is InChI=1S/C20H20N2O2/c1-13-4-5-18(22-7-6-21-12-22)10-16(13)11-19-14(2)8-17(20(23)24)9-15(19)3/h4-10,12H,11H2,1-3H3,(H,23,24). The fourth-order valence-corrected chi connectivity index (χ4v) is 3.01. The Kier molecular flexibility index (Phi) is 4.21. The lowest BCUT2D eigenvalue weighted by molar-refractivity contribution is 0.0696. The van der Waals surface area contributed by atoms with Gasteiger partial charge in [-0.05, 0) is 79.3 Å². The molecular weight excluding hydrogens is 300 g/mol. The molecule has 0 bridgehead atoms. The van der Waals surface area contributed by atoms with Crippen molar-refractivity contribution in [3.8, 4) is 5.69 Å². The van der Waals surface area contributed by atoms with Gasteiger partial charge in [0.25, 0.3) is 0 Å². The average Bonchev–Trinajstić information content (AvgIpc) is 3.06. The maximum absolute atomic E-state index is 11.2. The molecule has 0 saturated carbocycles. The summed E-state index contributed by atoms with van der Waals surface area (Å²) in [6.07, 6.45) is 6.25. The number of carbonyl (C=O) groups is 1. The van der Waals surface area contributed by atoms with Gasteiger partial charge in [0.2, 0.25) is 0 Å². The molecular formula is C20H20N2O2. The Hall–Kier alpha value is -2.88. The van der Waals surface area contributed by atoms with Crippen LogP contribution in [0.1, 0.15) is 38.2 Å². The van der Waals surface area contributed by atoms with Crippen molar-refractivity contribution in [1.82, 2.24) is 9.55 Å². The fraction of sp³-hybridized carbons (Fsp3) is 0.200. The highest BCUT2D eigenvalue weighted by Gasteiger charge is 2.12. The molecule has 0 saturated heterocycles. The first kappa shape index (κ1) is 16.0. The van der Waals surface area contributed by atoms with Gasteiger partial charge < -0.3 is 9.67 Å². The van der Waals surface area contributed by atoms with Gasteiger partial charge in [0.15, 0.2) is 0 Å². The third-order valence-electron chi connectivity index (χ3n) is 4.45. The van der Waals surface area contributed by atoms with Crippen molar-refractivity contribution >= 4 is 5.97 Å². The summed E-state index contributed by atoms with van der Waals surface area (Å²) < 4.78 is 1.98. The van der Waals surface area contributed by atoms with E-state index in [1.165, 1.54) is 16.7 Å². The highest BCUT2D eigenvalue weighted by Crippen LogP contribution is 2.24. The van der Waals surface area contributed by atoms with E-state index in [0.717, 1.165) is 23.2 Å². The van der Waals surface area contributed by atoms with Gasteiger partial charge in [-0.2, -0.15) is 0 Å². The van der Waals surface area contributed by atoms with Crippen LogP contribution >= 0.6 is 0 Å². The normalized spacial score (nSPS) is 10.8. The molecule has 0 radical (unpaired) electrons. The monoisotopic (exact) mass is 320 g/mol. The maximum atomic E-state index is 11.2. The van der Waals surface area contributed by atoms with Crippen molar-refractivity contribution < 1.29 is 9.90 Å². The van der Waals surface area contributed by atoms with Gasteiger partial charge in [-0.25, -0.2) is 9.78 Å². The van der Waals surface area contributed by atoms with Crippen LogP contribution in [0.4, 0.5) is 0 Å². The quantitative estimate of drug-likeness (QED) is 0.788. The first-order valence-electron chi connectivity index (χ1n) is 7.87. The van der Waals surface area contributed by atoms with Crippen molar-refractivity contribution in [3.63, 3.8) is 0 Å². The summed E-state index contributed by atoms with van der Waals surface area (Å²) in [6.45, 7) is 6.05. The summed E-state index contributed by atoms with van der Waals surface area (Å²) in [4.78, 5) is 15.3. The van der Waals surface area contributed by atoms with E-state index in [1.54, 1.807) is 24.7 Å². The second kappa shape index (κ2) is 6.32. The van der Waals surface area contributed by atoms with E-state index in [4.69, 9.17) is 0 Å². The lowest BCUT2D eigenvalue weighted by atomic mass is 9.92. The zero-order valence-corrected chi connectivity index (χ0v) is 14.1. The summed E-state index contributed by atoms with van der Waals surface area (Å²) in [7, 11) is 0. The van der Waals surface area contributed by atoms with Crippen LogP contribution in [-0.2, 0) is 6.42 Å². The number of hydrogen-bond donors (Lipinski definition) is 1. The van der Waals surface area contributed by atoms with Gasteiger partial charge >= 0.3 is 5.97 Å². The Balaban J connectivity index is 2.00. The number of carboxylic acids is 1. The van der Waals surface area contributed by atoms with E-state index >= 15 is 0 Å². The lowest BCUT2D eigenvalue weighted by Gasteiger charge is -2.14. The van der Waals surface area contributed by atoms with Crippen LogP contribution in [0, 0.1) is 20.8 Å². The van der Waals surface area contributed by atoms with Gasteiger partial charge in [-0.15, -0.1) is 0 Å². The van der Waals surface area contributed by atoms with Gasteiger partial charge in [0.1, 0.15) is 0 Å². The molecule has 4 heteroatoms. The second-order valence-electron chi connectivity index (χ2n) is 6.15. The molecule has 3 aromatic rings. The molecule has 0 atom stereocenters. The van der Waals surface area contributed by atoms with Crippen LogP contribution < -0.4 is 0 Å². The number of aromatic nitrogens is 2. The van der Waals surface area contributed by atoms with Crippen molar-refractivity contribution in [2.75, 3.05) is 0 Å². The van der Waals surface area contributed by atoms with E-state index in [0.29, 0.717) is 5.56 Å². The molecule has 4 nitrogen and oxygen atoms in total. The molecule has 0 aliphatic heterocycles. The summed E-state index contributed by atoms with van der Waals surface area (Å²) in [5, 5.41) is 9.19. The molecule has 0 aliphatic carbocycles. The number of carboxylic acid groups (broad SMARTS) is 1. The average molecular weight is 320 g/mol. The molecule has 0 amide bonds. The van der Waals surface area contributed by atoms with Crippen molar-refractivity contribution in [2.24, 2.45) is 0 Å². The molecule has 2 aromatic carbocycles. The Labute approximate surface area is 141 Å². The Morgan fingerprint density at radius 2 is 1.79 bits per heavy atom. The number of imidazole rings is 1. The molecule has 0 unspecified atom stereocenters. The minimum absolute atomic E-state index is 0.345. The Bertz CT molecular complexity index is 873. The Morgan fingerprint density at radius 1 is 1.08 bits per heavy atom. The van der Waals surface area contributed by atoms with E-state index in [-0.39, 0.29) is 0 Å². The predicted octanol–water partition coefficient (Wildman–Crippen LogP) is 4.09. The van der Waals surface area contributed by atoms with E-state index in [1.807, 2.05) is 24.6 Å².